The largest absolute Gasteiger partial charge is 0.387 e. The van der Waals surface area contributed by atoms with Crippen molar-refractivity contribution in [2.75, 3.05) is 13.0 Å². The summed E-state index contributed by atoms with van der Waals surface area (Å²) in [6.07, 6.45) is 0. The van der Waals surface area contributed by atoms with Gasteiger partial charge in [0.05, 0.1) is 11.5 Å². The van der Waals surface area contributed by atoms with Gasteiger partial charge in [0.25, 0.3) is 0 Å². The van der Waals surface area contributed by atoms with E-state index in [1.165, 1.54) is 0 Å². The third kappa shape index (κ3) is 1.84. The van der Waals surface area contributed by atoms with Gasteiger partial charge >= 0.3 is 0 Å². The molecule has 0 amide bonds. The summed E-state index contributed by atoms with van der Waals surface area (Å²) in [7, 11) is 1.54. The number of aliphatic hydroxyl groups is 1. The summed E-state index contributed by atoms with van der Waals surface area (Å²) in [6.45, 7) is 5.14. The van der Waals surface area contributed by atoms with Crippen LogP contribution in [0.5, 0.6) is 0 Å². The minimum absolute atomic E-state index is 0.285. The van der Waals surface area contributed by atoms with Crippen molar-refractivity contribution in [3.8, 4) is 0 Å². The molecule has 0 spiro atoms. The second kappa shape index (κ2) is 3.07. The molecule has 0 aliphatic rings. The summed E-state index contributed by atoms with van der Waals surface area (Å²) < 4.78 is 5.07. The summed E-state index contributed by atoms with van der Waals surface area (Å²) in [5.41, 5.74) is -1.56. The van der Waals surface area contributed by atoms with Crippen LogP contribution < -0.4 is 0 Å². The van der Waals surface area contributed by atoms with E-state index < -0.39 is 11.2 Å². The fraction of sp³-hybridized carbons (Fsp3) is 1.00. The highest BCUT2D eigenvalue weighted by Gasteiger charge is 2.38. The second-order valence-electron chi connectivity index (χ2n) is 3.13. The average molecular weight is 167 g/mol. The number of hydrogen-bond donors (Lipinski definition) is 1. The first-order chi connectivity index (χ1) is 4.37. The van der Waals surface area contributed by atoms with Crippen molar-refractivity contribution in [3.05, 3.63) is 0 Å². The van der Waals surface area contributed by atoms with Crippen LogP contribution in [-0.2, 0) is 4.74 Å². The van der Waals surface area contributed by atoms with Gasteiger partial charge in [-0.15, -0.1) is 11.6 Å². The van der Waals surface area contributed by atoms with E-state index >= 15 is 0 Å². The van der Waals surface area contributed by atoms with Gasteiger partial charge in [-0.25, -0.2) is 0 Å². The molecule has 0 saturated carbocycles. The molecule has 0 aliphatic heterocycles. The van der Waals surface area contributed by atoms with Crippen molar-refractivity contribution in [3.63, 3.8) is 0 Å². The van der Waals surface area contributed by atoms with Crippen molar-refractivity contribution in [2.24, 2.45) is 0 Å². The molecule has 1 unspecified atom stereocenters. The van der Waals surface area contributed by atoms with Crippen LogP contribution in [0.1, 0.15) is 20.8 Å². The molecule has 62 valence electrons. The summed E-state index contributed by atoms with van der Waals surface area (Å²) in [6, 6.07) is 0. The predicted octanol–water partition coefficient (Wildman–Crippen LogP) is 1.40. The normalized spacial score (nSPS) is 18.6. The zero-order valence-electron chi connectivity index (χ0n) is 6.94. The monoisotopic (exact) mass is 166 g/mol. The first kappa shape index (κ1) is 10.2. The van der Waals surface area contributed by atoms with E-state index in [0.29, 0.717) is 0 Å². The highest BCUT2D eigenvalue weighted by molar-refractivity contribution is 6.18. The van der Waals surface area contributed by atoms with Crippen molar-refractivity contribution < 1.29 is 9.84 Å². The van der Waals surface area contributed by atoms with Gasteiger partial charge in [0.2, 0.25) is 0 Å². The molecule has 0 bridgehead atoms. The molecule has 0 heterocycles. The van der Waals surface area contributed by atoms with Gasteiger partial charge in [0.15, 0.2) is 0 Å². The molecule has 0 aliphatic carbocycles. The first-order valence-corrected chi connectivity index (χ1v) is 3.74. The van der Waals surface area contributed by atoms with E-state index in [1.807, 2.05) is 0 Å². The molecule has 0 radical (unpaired) electrons. The standard InChI is InChI=1S/C7H15ClO2/c1-6(2,9)7(3,5-8)10-4/h9H,5H2,1-4H3. The van der Waals surface area contributed by atoms with Gasteiger partial charge in [0, 0.05) is 7.11 Å². The van der Waals surface area contributed by atoms with Gasteiger partial charge in [-0.05, 0) is 20.8 Å². The lowest BCUT2D eigenvalue weighted by molar-refractivity contribution is -0.127. The van der Waals surface area contributed by atoms with Crippen LogP contribution in [0.4, 0.5) is 0 Å². The molecule has 3 heteroatoms. The molecule has 0 saturated heterocycles. The predicted molar refractivity (Wildman–Crippen MR) is 42.4 cm³/mol. The Kier molecular flexibility index (Phi) is 3.14. The first-order valence-electron chi connectivity index (χ1n) is 3.21. The maximum atomic E-state index is 9.53. The highest BCUT2D eigenvalue weighted by atomic mass is 35.5. The zero-order valence-corrected chi connectivity index (χ0v) is 7.70. The lowest BCUT2D eigenvalue weighted by Gasteiger charge is -2.37. The molecule has 0 aromatic carbocycles. The van der Waals surface area contributed by atoms with E-state index in [-0.39, 0.29) is 5.88 Å². The second-order valence-corrected chi connectivity index (χ2v) is 3.39. The molecular weight excluding hydrogens is 152 g/mol. The van der Waals surface area contributed by atoms with Crippen LogP contribution in [0, 0.1) is 0 Å². The number of hydrogen-bond acceptors (Lipinski definition) is 2. The number of halogens is 1. The summed E-state index contributed by atoms with van der Waals surface area (Å²) in [5.74, 6) is 0.285. The van der Waals surface area contributed by atoms with Gasteiger partial charge in [-0.1, -0.05) is 0 Å². The van der Waals surface area contributed by atoms with Crippen LogP contribution in [0.15, 0.2) is 0 Å². The van der Waals surface area contributed by atoms with Crippen LogP contribution >= 0.6 is 11.6 Å². The Hall–Kier alpha value is 0.210. The van der Waals surface area contributed by atoms with E-state index in [4.69, 9.17) is 16.3 Å². The topological polar surface area (TPSA) is 29.5 Å². The molecule has 0 rings (SSSR count). The van der Waals surface area contributed by atoms with Gasteiger partial charge in [-0.3, -0.25) is 0 Å². The quantitative estimate of drug-likeness (QED) is 0.643. The maximum absolute atomic E-state index is 9.53. The van der Waals surface area contributed by atoms with E-state index in [1.54, 1.807) is 27.9 Å². The minimum Gasteiger partial charge on any atom is -0.387 e. The Balaban J connectivity index is 4.33. The molecule has 1 N–H and O–H groups in total. The van der Waals surface area contributed by atoms with Crippen molar-refractivity contribution in [1.29, 1.82) is 0 Å². The molecule has 1 atom stereocenters. The highest BCUT2D eigenvalue weighted by Crippen LogP contribution is 2.25. The van der Waals surface area contributed by atoms with E-state index in [2.05, 4.69) is 0 Å². The molecular formula is C7H15ClO2. The lowest BCUT2D eigenvalue weighted by atomic mass is 9.89. The third-order valence-electron chi connectivity index (χ3n) is 2.00. The fourth-order valence-electron chi connectivity index (χ4n) is 0.468. The van der Waals surface area contributed by atoms with Crippen LogP contribution in [0.25, 0.3) is 0 Å². The van der Waals surface area contributed by atoms with Gasteiger partial charge < -0.3 is 9.84 Å². The van der Waals surface area contributed by atoms with E-state index in [0.717, 1.165) is 0 Å². The molecule has 10 heavy (non-hydrogen) atoms. The summed E-state index contributed by atoms with van der Waals surface area (Å²) in [4.78, 5) is 0. The minimum atomic E-state index is -0.899. The number of ether oxygens (including phenoxy) is 1. The lowest BCUT2D eigenvalue weighted by Crippen LogP contribution is -2.50. The zero-order chi connectivity index (χ0) is 8.41. The Labute approximate surface area is 67.1 Å². The van der Waals surface area contributed by atoms with Gasteiger partial charge in [0.1, 0.15) is 5.60 Å². The van der Waals surface area contributed by atoms with Crippen molar-refractivity contribution in [1.82, 2.24) is 0 Å². The Morgan fingerprint density at radius 2 is 1.80 bits per heavy atom. The number of alkyl halides is 1. The Morgan fingerprint density at radius 3 is 1.80 bits per heavy atom. The van der Waals surface area contributed by atoms with Crippen LogP contribution in [0.3, 0.4) is 0 Å². The Morgan fingerprint density at radius 1 is 1.40 bits per heavy atom. The fourth-order valence-corrected chi connectivity index (χ4v) is 0.904. The summed E-state index contributed by atoms with van der Waals surface area (Å²) >= 11 is 5.61. The number of rotatable bonds is 3. The Bertz CT molecular complexity index is 103. The molecule has 2 nitrogen and oxygen atoms in total. The molecule has 0 aromatic heterocycles. The summed E-state index contributed by atoms with van der Waals surface area (Å²) in [5, 5.41) is 9.53. The number of methoxy groups -OCH3 is 1. The SMILES string of the molecule is COC(C)(CCl)C(C)(C)O. The van der Waals surface area contributed by atoms with E-state index in [9.17, 15) is 5.11 Å². The smallest absolute Gasteiger partial charge is 0.106 e. The van der Waals surface area contributed by atoms with Crippen LogP contribution in [-0.4, -0.2) is 29.3 Å². The molecule has 0 aromatic rings. The third-order valence-corrected chi connectivity index (χ3v) is 2.51. The average Bonchev–Trinajstić information content (AvgIpc) is 1.84. The van der Waals surface area contributed by atoms with Gasteiger partial charge in [-0.2, -0.15) is 0 Å². The molecule has 0 fully saturated rings. The maximum Gasteiger partial charge on any atom is 0.106 e. The van der Waals surface area contributed by atoms with Crippen molar-refractivity contribution >= 4 is 11.6 Å². The van der Waals surface area contributed by atoms with Crippen LogP contribution in [0.2, 0.25) is 0 Å². The van der Waals surface area contributed by atoms with Crippen molar-refractivity contribution in [2.45, 2.75) is 32.0 Å².